The van der Waals surface area contributed by atoms with Crippen LogP contribution >= 0.6 is 11.6 Å². The summed E-state index contributed by atoms with van der Waals surface area (Å²) in [6, 6.07) is 8.64. The Hall–Kier alpha value is -2.34. The van der Waals surface area contributed by atoms with E-state index in [0.29, 0.717) is 36.5 Å². The second kappa shape index (κ2) is 7.05. The summed E-state index contributed by atoms with van der Waals surface area (Å²) in [5.74, 6) is -0.912. The van der Waals surface area contributed by atoms with Crippen molar-refractivity contribution >= 4 is 23.5 Å². The van der Waals surface area contributed by atoms with Crippen LogP contribution in [0.1, 0.15) is 36.2 Å². The molecular formula is C17H17ClN2O4. The van der Waals surface area contributed by atoms with Gasteiger partial charge in [-0.15, -0.1) is 0 Å². The zero-order valence-electron chi connectivity index (χ0n) is 12.9. The summed E-state index contributed by atoms with van der Waals surface area (Å²) >= 11 is 5.94. The Morgan fingerprint density at radius 1 is 1.21 bits per heavy atom. The molecule has 24 heavy (non-hydrogen) atoms. The maximum Gasteiger partial charge on any atom is 0.306 e. The Bertz CT molecular complexity index is 751. The van der Waals surface area contributed by atoms with Gasteiger partial charge in [-0.2, -0.15) is 0 Å². The topological polar surface area (TPSA) is 92.4 Å². The minimum absolute atomic E-state index is 0.0283. The fourth-order valence-electron chi connectivity index (χ4n) is 2.90. The zero-order valence-corrected chi connectivity index (χ0v) is 13.6. The van der Waals surface area contributed by atoms with Crippen molar-refractivity contribution in [2.24, 2.45) is 5.92 Å². The molecule has 126 valence electrons. The summed E-state index contributed by atoms with van der Waals surface area (Å²) in [5, 5.41) is 16.3. The van der Waals surface area contributed by atoms with Gasteiger partial charge in [-0.1, -0.05) is 28.9 Å². The fraction of sp³-hybridized carbons (Fsp3) is 0.353. The van der Waals surface area contributed by atoms with Crippen LogP contribution in [0, 0.1) is 5.92 Å². The molecule has 0 bridgehead atoms. The smallest absolute Gasteiger partial charge is 0.306 e. The molecule has 2 N–H and O–H groups in total. The van der Waals surface area contributed by atoms with E-state index in [9.17, 15) is 9.59 Å². The minimum Gasteiger partial charge on any atom is -0.481 e. The highest BCUT2D eigenvalue weighted by atomic mass is 35.5. The standard InChI is InChI=1S/C17H17ClN2O4/c18-12-3-1-2-11(8-12)15-9-14(20-24-15)16(21)19-13-6-4-10(5-7-13)17(22)23/h1-3,8-10,13H,4-7H2,(H,19,21)(H,22,23). The van der Waals surface area contributed by atoms with Gasteiger partial charge >= 0.3 is 5.97 Å². The van der Waals surface area contributed by atoms with Crippen molar-refractivity contribution in [1.29, 1.82) is 0 Å². The maximum absolute atomic E-state index is 12.3. The number of benzene rings is 1. The predicted octanol–water partition coefficient (Wildman–Crippen LogP) is 3.37. The van der Waals surface area contributed by atoms with E-state index < -0.39 is 5.97 Å². The average molecular weight is 349 g/mol. The molecule has 0 aliphatic heterocycles. The third kappa shape index (κ3) is 3.76. The molecule has 6 nitrogen and oxygen atoms in total. The first kappa shape index (κ1) is 16.5. The molecule has 0 radical (unpaired) electrons. The molecule has 1 aliphatic rings. The van der Waals surface area contributed by atoms with Crippen LogP contribution in [0.15, 0.2) is 34.9 Å². The van der Waals surface area contributed by atoms with Gasteiger partial charge in [-0.05, 0) is 37.8 Å². The molecule has 1 aromatic heterocycles. The third-order valence-electron chi connectivity index (χ3n) is 4.26. The molecular weight excluding hydrogens is 332 g/mol. The molecule has 0 spiro atoms. The van der Waals surface area contributed by atoms with Crippen molar-refractivity contribution in [2.45, 2.75) is 31.7 Å². The normalized spacial score (nSPS) is 20.5. The summed E-state index contributed by atoms with van der Waals surface area (Å²) in [4.78, 5) is 23.2. The van der Waals surface area contributed by atoms with E-state index in [4.69, 9.17) is 21.2 Å². The number of aliphatic carboxylic acids is 1. The highest BCUT2D eigenvalue weighted by molar-refractivity contribution is 6.30. The number of nitrogens with zero attached hydrogens (tertiary/aromatic N) is 1. The van der Waals surface area contributed by atoms with Crippen LogP contribution in [0.2, 0.25) is 5.02 Å². The number of nitrogens with one attached hydrogen (secondary N) is 1. The van der Waals surface area contributed by atoms with E-state index in [1.807, 2.05) is 6.07 Å². The van der Waals surface area contributed by atoms with Gasteiger partial charge in [-0.25, -0.2) is 0 Å². The van der Waals surface area contributed by atoms with Crippen LogP contribution in [-0.2, 0) is 4.79 Å². The Kier molecular flexibility index (Phi) is 4.85. The molecule has 1 saturated carbocycles. The summed E-state index contributed by atoms with van der Waals surface area (Å²) in [6.07, 6.45) is 2.46. The lowest BCUT2D eigenvalue weighted by Gasteiger charge is -2.26. The van der Waals surface area contributed by atoms with E-state index >= 15 is 0 Å². The predicted molar refractivity (Wildman–Crippen MR) is 87.8 cm³/mol. The van der Waals surface area contributed by atoms with Crippen LogP contribution in [0.5, 0.6) is 0 Å². The minimum atomic E-state index is -0.762. The van der Waals surface area contributed by atoms with Crippen molar-refractivity contribution in [1.82, 2.24) is 10.5 Å². The van der Waals surface area contributed by atoms with Crippen LogP contribution in [-0.4, -0.2) is 28.2 Å². The van der Waals surface area contributed by atoms with Gasteiger partial charge in [0.2, 0.25) is 0 Å². The fourth-order valence-corrected chi connectivity index (χ4v) is 3.09. The van der Waals surface area contributed by atoms with Crippen molar-refractivity contribution in [3.8, 4) is 11.3 Å². The third-order valence-corrected chi connectivity index (χ3v) is 4.50. The van der Waals surface area contributed by atoms with Crippen molar-refractivity contribution in [3.05, 3.63) is 41.0 Å². The summed E-state index contributed by atoms with van der Waals surface area (Å²) in [5.41, 5.74) is 0.946. The number of hydrogen-bond donors (Lipinski definition) is 2. The summed E-state index contributed by atoms with van der Waals surface area (Å²) in [7, 11) is 0. The van der Waals surface area contributed by atoms with Gasteiger partial charge in [0, 0.05) is 22.7 Å². The van der Waals surface area contributed by atoms with Crippen molar-refractivity contribution in [3.63, 3.8) is 0 Å². The Labute approximate surface area is 143 Å². The average Bonchev–Trinajstić information content (AvgIpc) is 3.05. The maximum atomic E-state index is 12.3. The van der Waals surface area contributed by atoms with Gasteiger partial charge in [0.15, 0.2) is 11.5 Å². The Morgan fingerprint density at radius 2 is 1.96 bits per heavy atom. The Morgan fingerprint density at radius 3 is 2.62 bits per heavy atom. The van der Waals surface area contributed by atoms with Crippen LogP contribution in [0.25, 0.3) is 11.3 Å². The molecule has 1 aromatic carbocycles. The number of aromatic nitrogens is 1. The van der Waals surface area contributed by atoms with Crippen LogP contribution < -0.4 is 5.32 Å². The molecule has 0 unspecified atom stereocenters. The number of rotatable bonds is 4. The highest BCUT2D eigenvalue weighted by Gasteiger charge is 2.27. The SMILES string of the molecule is O=C(NC1CCC(C(=O)O)CC1)c1cc(-c2cccc(Cl)c2)on1. The van der Waals surface area contributed by atoms with Crippen LogP contribution in [0.4, 0.5) is 0 Å². The Balaban J connectivity index is 1.61. The number of carbonyl (C=O) groups excluding carboxylic acids is 1. The number of halogens is 1. The number of amides is 1. The lowest BCUT2D eigenvalue weighted by atomic mass is 9.86. The van der Waals surface area contributed by atoms with E-state index in [-0.39, 0.29) is 23.6 Å². The first-order chi connectivity index (χ1) is 11.5. The summed E-state index contributed by atoms with van der Waals surface area (Å²) in [6.45, 7) is 0. The quantitative estimate of drug-likeness (QED) is 0.883. The second-order valence-corrected chi connectivity index (χ2v) is 6.38. The van der Waals surface area contributed by atoms with E-state index in [2.05, 4.69) is 10.5 Å². The highest BCUT2D eigenvalue weighted by Crippen LogP contribution is 2.26. The largest absolute Gasteiger partial charge is 0.481 e. The molecule has 1 fully saturated rings. The molecule has 1 heterocycles. The second-order valence-electron chi connectivity index (χ2n) is 5.95. The van der Waals surface area contributed by atoms with Crippen molar-refractivity contribution in [2.75, 3.05) is 0 Å². The van der Waals surface area contributed by atoms with E-state index in [0.717, 1.165) is 5.56 Å². The van der Waals surface area contributed by atoms with Crippen molar-refractivity contribution < 1.29 is 19.2 Å². The lowest BCUT2D eigenvalue weighted by Crippen LogP contribution is -2.38. The number of carbonyl (C=O) groups is 2. The molecule has 7 heteroatoms. The number of carboxylic acids is 1. The van der Waals surface area contributed by atoms with Gasteiger partial charge in [0.25, 0.3) is 5.91 Å². The molecule has 3 rings (SSSR count). The molecule has 1 aliphatic carbocycles. The monoisotopic (exact) mass is 348 g/mol. The zero-order chi connectivity index (χ0) is 17.1. The lowest BCUT2D eigenvalue weighted by molar-refractivity contribution is -0.142. The van der Waals surface area contributed by atoms with E-state index in [1.54, 1.807) is 24.3 Å². The van der Waals surface area contributed by atoms with Crippen LogP contribution in [0.3, 0.4) is 0 Å². The molecule has 1 amide bonds. The van der Waals surface area contributed by atoms with Gasteiger partial charge < -0.3 is 14.9 Å². The van der Waals surface area contributed by atoms with Gasteiger partial charge in [-0.3, -0.25) is 9.59 Å². The number of hydrogen-bond acceptors (Lipinski definition) is 4. The van der Waals surface area contributed by atoms with Gasteiger partial charge in [0.1, 0.15) is 0 Å². The molecule has 0 atom stereocenters. The first-order valence-corrected chi connectivity index (χ1v) is 8.17. The van der Waals surface area contributed by atoms with Gasteiger partial charge in [0.05, 0.1) is 5.92 Å². The molecule has 0 saturated heterocycles. The first-order valence-electron chi connectivity index (χ1n) is 7.79. The molecule has 2 aromatic rings. The summed E-state index contributed by atoms with van der Waals surface area (Å²) < 4.78 is 5.22. The van der Waals surface area contributed by atoms with E-state index in [1.165, 1.54) is 0 Å². The number of carboxylic acid groups (broad SMARTS) is 1.